The van der Waals surface area contributed by atoms with Gasteiger partial charge in [-0.3, -0.25) is 0 Å². The fourth-order valence-corrected chi connectivity index (χ4v) is 2.81. The zero-order chi connectivity index (χ0) is 14.5. The lowest BCUT2D eigenvalue weighted by Gasteiger charge is -2.18. The number of halogens is 1. The predicted molar refractivity (Wildman–Crippen MR) is 78.5 cm³/mol. The number of rotatable bonds is 5. The number of nitrogens with one attached hydrogen (secondary N) is 1. The van der Waals surface area contributed by atoms with Gasteiger partial charge in [-0.15, -0.1) is 11.3 Å². The Hall–Kier alpha value is -1.88. The maximum Gasteiger partial charge on any atom is 0.334 e. The molecule has 0 aliphatic heterocycles. The molecule has 3 nitrogen and oxygen atoms in total. The Bertz CT molecular complexity index is 580. The summed E-state index contributed by atoms with van der Waals surface area (Å²) in [6.07, 6.45) is 0. The third-order valence-electron chi connectivity index (χ3n) is 2.84. The van der Waals surface area contributed by atoms with Crippen molar-refractivity contribution < 1.29 is 13.9 Å². The normalized spacial score (nSPS) is 11.9. The van der Waals surface area contributed by atoms with Gasteiger partial charge in [-0.1, -0.05) is 0 Å². The van der Waals surface area contributed by atoms with Crippen LogP contribution >= 0.6 is 11.3 Å². The van der Waals surface area contributed by atoms with Crippen LogP contribution in [-0.2, 0) is 9.53 Å². The summed E-state index contributed by atoms with van der Waals surface area (Å²) in [6.45, 7) is 4.05. The van der Waals surface area contributed by atoms with Gasteiger partial charge in [-0.25, -0.2) is 9.18 Å². The number of hydrogen-bond acceptors (Lipinski definition) is 4. The molecule has 0 saturated heterocycles. The van der Waals surface area contributed by atoms with Gasteiger partial charge in [0, 0.05) is 10.6 Å². The van der Waals surface area contributed by atoms with Crippen molar-refractivity contribution in [1.82, 2.24) is 0 Å². The quantitative estimate of drug-likeness (QED) is 0.849. The topological polar surface area (TPSA) is 38.3 Å². The van der Waals surface area contributed by atoms with E-state index in [1.54, 1.807) is 19.1 Å². The largest absolute Gasteiger partial charge is 0.464 e. The standard InChI is InChI=1S/C15H16FNO2S/c1-3-19-15(18)13(14-10(2)8-9-20-14)17-12-6-4-11(16)5-7-12/h4-9,13,17H,3H2,1-2H3. The van der Waals surface area contributed by atoms with E-state index in [0.29, 0.717) is 12.3 Å². The molecule has 106 valence electrons. The number of thiophene rings is 1. The zero-order valence-corrected chi connectivity index (χ0v) is 12.2. The predicted octanol–water partition coefficient (Wildman–Crippen LogP) is 3.91. The fourth-order valence-electron chi connectivity index (χ4n) is 1.85. The first-order chi connectivity index (χ1) is 9.61. The number of aryl methyl sites for hydroxylation is 1. The van der Waals surface area contributed by atoms with E-state index >= 15 is 0 Å². The van der Waals surface area contributed by atoms with E-state index in [9.17, 15) is 9.18 Å². The molecule has 2 aromatic rings. The van der Waals surface area contributed by atoms with Crippen molar-refractivity contribution in [3.8, 4) is 0 Å². The summed E-state index contributed by atoms with van der Waals surface area (Å²) in [6, 6.07) is 7.30. The molecule has 0 aliphatic rings. The Labute approximate surface area is 121 Å². The Morgan fingerprint density at radius 3 is 2.60 bits per heavy atom. The van der Waals surface area contributed by atoms with Crippen LogP contribution in [0.2, 0.25) is 0 Å². The molecule has 0 bridgehead atoms. The summed E-state index contributed by atoms with van der Waals surface area (Å²) < 4.78 is 18.0. The van der Waals surface area contributed by atoms with Crippen LogP contribution in [0.1, 0.15) is 23.4 Å². The molecular weight excluding hydrogens is 277 g/mol. The first-order valence-electron chi connectivity index (χ1n) is 6.34. The maximum absolute atomic E-state index is 12.9. The molecule has 1 aromatic carbocycles. The van der Waals surface area contributed by atoms with Crippen LogP contribution in [0.5, 0.6) is 0 Å². The Balaban J connectivity index is 2.25. The molecule has 5 heteroatoms. The molecule has 2 rings (SSSR count). The van der Waals surface area contributed by atoms with Crippen LogP contribution in [0.25, 0.3) is 0 Å². The van der Waals surface area contributed by atoms with E-state index in [1.165, 1.54) is 23.5 Å². The second-order valence-electron chi connectivity index (χ2n) is 4.30. The summed E-state index contributed by atoms with van der Waals surface area (Å²) in [5.41, 5.74) is 1.71. The van der Waals surface area contributed by atoms with Gasteiger partial charge in [0.25, 0.3) is 0 Å². The van der Waals surface area contributed by atoms with Crippen LogP contribution in [-0.4, -0.2) is 12.6 Å². The van der Waals surface area contributed by atoms with Crippen LogP contribution in [0.3, 0.4) is 0 Å². The smallest absolute Gasteiger partial charge is 0.334 e. The molecule has 0 aliphatic carbocycles. The van der Waals surface area contributed by atoms with Crippen LogP contribution in [0.15, 0.2) is 35.7 Å². The number of anilines is 1. The molecule has 0 spiro atoms. The molecule has 1 N–H and O–H groups in total. The van der Waals surface area contributed by atoms with Gasteiger partial charge in [-0.05, 0) is 55.1 Å². The first-order valence-corrected chi connectivity index (χ1v) is 7.22. The SMILES string of the molecule is CCOC(=O)C(Nc1ccc(F)cc1)c1sccc1C. The van der Waals surface area contributed by atoms with E-state index in [0.717, 1.165) is 10.4 Å². The van der Waals surface area contributed by atoms with Gasteiger partial charge in [0.05, 0.1) is 6.61 Å². The number of ether oxygens (including phenoxy) is 1. The second-order valence-corrected chi connectivity index (χ2v) is 5.25. The van der Waals surface area contributed by atoms with Gasteiger partial charge in [0.2, 0.25) is 0 Å². The number of benzene rings is 1. The van der Waals surface area contributed by atoms with Crippen LogP contribution < -0.4 is 5.32 Å². The van der Waals surface area contributed by atoms with Crippen molar-refractivity contribution in [2.75, 3.05) is 11.9 Å². The number of esters is 1. The van der Waals surface area contributed by atoms with Gasteiger partial charge in [0.15, 0.2) is 6.04 Å². The average molecular weight is 293 g/mol. The highest BCUT2D eigenvalue weighted by atomic mass is 32.1. The minimum atomic E-state index is -0.569. The average Bonchev–Trinajstić information content (AvgIpc) is 2.84. The first kappa shape index (κ1) is 14.5. The van der Waals surface area contributed by atoms with Gasteiger partial charge in [-0.2, -0.15) is 0 Å². The molecule has 0 amide bonds. The van der Waals surface area contributed by atoms with Crippen LogP contribution in [0, 0.1) is 12.7 Å². The summed E-state index contributed by atoms with van der Waals surface area (Å²) >= 11 is 1.50. The highest BCUT2D eigenvalue weighted by Gasteiger charge is 2.24. The lowest BCUT2D eigenvalue weighted by atomic mass is 10.1. The number of carbonyl (C=O) groups is 1. The van der Waals surface area contributed by atoms with Gasteiger partial charge >= 0.3 is 5.97 Å². The summed E-state index contributed by atoms with van der Waals surface area (Å²) in [7, 11) is 0. The van der Waals surface area contributed by atoms with Crippen molar-refractivity contribution >= 4 is 23.0 Å². The summed E-state index contributed by atoms with van der Waals surface area (Å²) in [5.74, 6) is -0.641. The number of carbonyl (C=O) groups excluding carboxylic acids is 1. The van der Waals surface area contributed by atoms with E-state index in [4.69, 9.17) is 4.74 Å². The second kappa shape index (κ2) is 6.52. The molecule has 1 heterocycles. The van der Waals surface area contributed by atoms with Gasteiger partial charge in [0.1, 0.15) is 5.82 Å². The molecule has 0 saturated carbocycles. The highest BCUT2D eigenvalue weighted by molar-refractivity contribution is 7.10. The number of hydrogen-bond donors (Lipinski definition) is 1. The Kier molecular flexibility index (Phi) is 4.74. The van der Waals surface area contributed by atoms with Crippen molar-refractivity contribution in [3.63, 3.8) is 0 Å². The molecular formula is C15H16FNO2S. The zero-order valence-electron chi connectivity index (χ0n) is 11.4. The third-order valence-corrected chi connectivity index (χ3v) is 3.93. The van der Waals surface area contributed by atoms with Crippen molar-refractivity contribution in [1.29, 1.82) is 0 Å². The third kappa shape index (κ3) is 3.36. The summed E-state index contributed by atoms with van der Waals surface area (Å²) in [5, 5.41) is 5.04. The van der Waals surface area contributed by atoms with Gasteiger partial charge < -0.3 is 10.1 Å². The molecule has 1 unspecified atom stereocenters. The maximum atomic E-state index is 12.9. The van der Waals surface area contributed by atoms with E-state index < -0.39 is 6.04 Å². The van der Waals surface area contributed by atoms with E-state index in [2.05, 4.69) is 5.32 Å². The molecule has 0 radical (unpaired) electrons. The summed E-state index contributed by atoms with van der Waals surface area (Å²) in [4.78, 5) is 13.0. The molecule has 1 atom stereocenters. The molecule has 20 heavy (non-hydrogen) atoms. The van der Waals surface area contributed by atoms with Crippen molar-refractivity contribution in [3.05, 3.63) is 52.0 Å². The minimum absolute atomic E-state index is 0.310. The van der Waals surface area contributed by atoms with E-state index in [-0.39, 0.29) is 11.8 Å². The molecule has 0 fully saturated rings. The van der Waals surface area contributed by atoms with Crippen molar-refractivity contribution in [2.45, 2.75) is 19.9 Å². The highest BCUT2D eigenvalue weighted by Crippen LogP contribution is 2.28. The van der Waals surface area contributed by atoms with Crippen molar-refractivity contribution in [2.24, 2.45) is 0 Å². The minimum Gasteiger partial charge on any atom is -0.464 e. The lowest BCUT2D eigenvalue weighted by Crippen LogP contribution is -2.23. The molecule has 1 aromatic heterocycles. The monoisotopic (exact) mass is 293 g/mol. The Morgan fingerprint density at radius 2 is 2.05 bits per heavy atom. The fraction of sp³-hybridized carbons (Fsp3) is 0.267. The van der Waals surface area contributed by atoms with E-state index in [1.807, 2.05) is 18.4 Å². The Morgan fingerprint density at radius 1 is 1.35 bits per heavy atom. The lowest BCUT2D eigenvalue weighted by molar-refractivity contribution is -0.144. The van der Waals surface area contributed by atoms with Crippen LogP contribution in [0.4, 0.5) is 10.1 Å².